The molecule has 1 unspecified atom stereocenters. The van der Waals surface area contributed by atoms with E-state index in [2.05, 4.69) is 15.6 Å². The summed E-state index contributed by atoms with van der Waals surface area (Å²) in [6.07, 6.45) is 0.539. The maximum absolute atomic E-state index is 13.1. The number of carboxylic acids is 1. The van der Waals surface area contributed by atoms with Crippen molar-refractivity contribution in [1.82, 2.24) is 4.98 Å². The number of benzene rings is 3. The molecule has 0 saturated heterocycles. The van der Waals surface area contributed by atoms with Crippen LogP contribution >= 0.6 is 69.5 Å². The minimum atomic E-state index is -1.49. The fraction of sp³-hybridized carbons (Fsp3) is 0.120. The molecule has 1 aromatic heterocycles. The van der Waals surface area contributed by atoms with E-state index in [0.717, 1.165) is 10.2 Å². The highest BCUT2D eigenvalue weighted by Crippen LogP contribution is 2.42. The lowest BCUT2D eigenvalue weighted by Gasteiger charge is -2.16. The third kappa shape index (κ3) is 6.03. The molecule has 0 bridgehead atoms. The van der Waals surface area contributed by atoms with Crippen LogP contribution in [-0.4, -0.2) is 33.1 Å². The number of aromatic carboxylic acids is 1. The van der Waals surface area contributed by atoms with E-state index in [4.69, 9.17) is 46.4 Å². The van der Waals surface area contributed by atoms with E-state index in [1.165, 1.54) is 23.1 Å². The minimum absolute atomic E-state index is 0.200. The molecule has 0 aliphatic heterocycles. The van der Waals surface area contributed by atoms with Crippen molar-refractivity contribution in [2.24, 2.45) is 0 Å². The summed E-state index contributed by atoms with van der Waals surface area (Å²) in [6, 6.07) is 14.4. The highest BCUT2D eigenvalue weighted by molar-refractivity contribution is 8.00. The number of halogens is 4. The zero-order chi connectivity index (χ0) is 27.6. The number of para-hydroxylation sites is 1. The Hall–Kier alpha value is -2.53. The minimum Gasteiger partial charge on any atom is -0.478 e. The summed E-state index contributed by atoms with van der Waals surface area (Å²) in [4.78, 5) is 43.0. The van der Waals surface area contributed by atoms with Crippen LogP contribution in [0, 0.1) is 0 Å². The van der Waals surface area contributed by atoms with E-state index in [1.807, 2.05) is 31.2 Å². The van der Waals surface area contributed by atoms with Gasteiger partial charge in [-0.2, -0.15) is 0 Å². The molecule has 4 rings (SSSR count). The van der Waals surface area contributed by atoms with E-state index in [0.29, 0.717) is 22.1 Å². The van der Waals surface area contributed by atoms with Crippen LogP contribution in [0.4, 0.5) is 10.8 Å². The fourth-order valence-corrected chi connectivity index (χ4v) is 6.39. The SMILES string of the molecule is CCC(Sc1cccc(NC(=O)c2c(Cl)c(Cl)c(Cl)c(Cl)c2C(=O)O)c1)C(=O)Nc1nc2ccccc2s1. The number of hydrogen-bond donors (Lipinski definition) is 3. The van der Waals surface area contributed by atoms with Gasteiger partial charge in [-0.15, -0.1) is 11.8 Å². The second-order valence-corrected chi connectivity index (χ2v) is 11.6. The molecule has 0 spiro atoms. The van der Waals surface area contributed by atoms with E-state index < -0.39 is 33.3 Å². The third-order valence-electron chi connectivity index (χ3n) is 5.27. The van der Waals surface area contributed by atoms with Crippen molar-refractivity contribution >= 4 is 108 Å². The molecule has 0 aliphatic carbocycles. The Morgan fingerprint density at radius 1 is 0.947 bits per heavy atom. The number of carbonyl (C=O) groups is 3. The van der Waals surface area contributed by atoms with Gasteiger partial charge in [0.25, 0.3) is 5.91 Å². The van der Waals surface area contributed by atoms with Crippen molar-refractivity contribution in [2.45, 2.75) is 23.5 Å². The van der Waals surface area contributed by atoms with Crippen molar-refractivity contribution < 1.29 is 19.5 Å². The third-order valence-corrected chi connectivity index (χ3v) is 9.38. The second-order valence-electron chi connectivity index (χ2n) is 7.78. The summed E-state index contributed by atoms with van der Waals surface area (Å²) < 4.78 is 0.973. The highest BCUT2D eigenvalue weighted by Gasteiger charge is 2.29. The average Bonchev–Trinajstić information content (AvgIpc) is 3.30. The first kappa shape index (κ1) is 28.5. The molecule has 13 heteroatoms. The molecule has 0 aliphatic rings. The van der Waals surface area contributed by atoms with Crippen molar-refractivity contribution in [3.63, 3.8) is 0 Å². The van der Waals surface area contributed by atoms with Gasteiger partial charge in [0.1, 0.15) is 0 Å². The van der Waals surface area contributed by atoms with Crippen LogP contribution in [0.3, 0.4) is 0 Å². The molecule has 7 nitrogen and oxygen atoms in total. The molecule has 196 valence electrons. The van der Waals surface area contributed by atoms with Gasteiger partial charge < -0.3 is 15.7 Å². The number of carbonyl (C=O) groups excluding carboxylic acids is 2. The number of fused-ring (bicyclic) bond motifs is 1. The molecular weight excluding hydrogens is 612 g/mol. The quantitative estimate of drug-likeness (QED) is 0.103. The summed E-state index contributed by atoms with van der Waals surface area (Å²) in [7, 11) is 0. The number of thiazole rings is 1. The molecule has 1 atom stereocenters. The predicted molar refractivity (Wildman–Crippen MR) is 156 cm³/mol. The molecule has 0 saturated carbocycles. The van der Waals surface area contributed by atoms with Crippen LogP contribution in [0.5, 0.6) is 0 Å². The van der Waals surface area contributed by atoms with Crippen molar-refractivity contribution in [1.29, 1.82) is 0 Å². The topological polar surface area (TPSA) is 108 Å². The van der Waals surface area contributed by atoms with Crippen LogP contribution < -0.4 is 10.6 Å². The summed E-state index contributed by atoms with van der Waals surface area (Å²) in [5.41, 5.74) is 0.173. The van der Waals surface area contributed by atoms with Crippen LogP contribution in [0.25, 0.3) is 10.2 Å². The smallest absolute Gasteiger partial charge is 0.338 e. The highest BCUT2D eigenvalue weighted by atomic mass is 35.5. The standard InChI is InChI=1S/C25H17Cl4N3O4S2/c1-2-14(22(33)32-25-31-13-8-3-4-9-15(13)38-25)37-12-7-5-6-11(10-12)30-23(34)16-17(24(35)36)19(27)21(29)20(28)18(16)26/h3-10,14H,2H2,1H3,(H,30,34)(H,35,36)(H,31,32,33). The maximum Gasteiger partial charge on any atom is 0.338 e. The van der Waals surface area contributed by atoms with E-state index in [1.54, 1.807) is 24.3 Å². The number of amides is 2. The zero-order valence-electron chi connectivity index (χ0n) is 19.4. The monoisotopic (exact) mass is 627 g/mol. The number of nitrogens with zero attached hydrogens (tertiary/aromatic N) is 1. The van der Waals surface area contributed by atoms with Crippen LogP contribution in [-0.2, 0) is 4.79 Å². The largest absolute Gasteiger partial charge is 0.478 e. The first-order valence-electron chi connectivity index (χ1n) is 10.9. The predicted octanol–water partition coefficient (Wildman–Crippen LogP) is 8.37. The van der Waals surface area contributed by atoms with Crippen molar-refractivity contribution in [2.75, 3.05) is 10.6 Å². The van der Waals surface area contributed by atoms with Crippen molar-refractivity contribution in [3.8, 4) is 0 Å². The van der Waals surface area contributed by atoms with Crippen LogP contribution in [0.2, 0.25) is 20.1 Å². The van der Waals surface area contributed by atoms with Crippen LogP contribution in [0.1, 0.15) is 34.1 Å². The Morgan fingerprint density at radius 3 is 2.29 bits per heavy atom. The Labute approximate surface area is 245 Å². The second kappa shape index (κ2) is 12.1. The van der Waals surface area contributed by atoms with Crippen LogP contribution in [0.15, 0.2) is 53.4 Å². The number of carboxylic acid groups (broad SMARTS) is 1. The number of nitrogens with one attached hydrogen (secondary N) is 2. The Morgan fingerprint density at radius 2 is 1.63 bits per heavy atom. The van der Waals surface area contributed by atoms with E-state index in [9.17, 15) is 19.5 Å². The van der Waals surface area contributed by atoms with Gasteiger partial charge in [0.15, 0.2) is 5.13 Å². The first-order valence-corrected chi connectivity index (χ1v) is 14.1. The lowest BCUT2D eigenvalue weighted by atomic mass is 10.1. The molecule has 0 radical (unpaired) electrons. The molecule has 1 heterocycles. The maximum atomic E-state index is 13.1. The normalized spacial score (nSPS) is 11.8. The summed E-state index contributed by atoms with van der Waals surface area (Å²) in [5, 5.41) is 14.0. The molecule has 0 fully saturated rings. The number of anilines is 2. The molecule has 3 N–H and O–H groups in total. The van der Waals surface area contributed by atoms with Crippen molar-refractivity contribution in [3.05, 3.63) is 79.7 Å². The molecule has 2 amide bonds. The van der Waals surface area contributed by atoms with Gasteiger partial charge in [-0.05, 0) is 36.8 Å². The van der Waals surface area contributed by atoms with Gasteiger partial charge in [0.05, 0.1) is 46.7 Å². The summed E-state index contributed by atoms with van der Waals surface area (Å²) >= 11 is 26.9. The number of hydrogen-bond acceptors (Lipinski definition) is 6. The lowest BCUT2D eigenvalue weighted by Crippen LogP contribution is -2.24. The molecule has 3 aromatic carbocycles. The Balaban J connectivity index is 1.52. The fourth-order valence-electron chi connectivity index (χ4n) is 3.48. The van der Waals surface area contributed by atoms with E-state index >= 15 is 0 Å². The molecular formula is C25H17Cl4N3O4S2. The van der Waals surface area contributed by atoms with Gasteiger partial charge >= 0.3 is 5.97 Å². The zero-order valence-corrected chi connectivity index (χ0v) is 24.0. The summed E-state index contributed by atoms with van der Waals surface area (Å²) in [6.45, 7) is 1.89. The molecule has 38 heavy (non-hydrogen) atoms. The van der Waals surface area contributed by atoms with Gasteiger partial charge in [0, 0.05) is 10.6 Å². The van der Waals surface area contributed by atoms with Gasteiger partial charge in [-0.25, -0.2) is 9.78 Å². The van der Waals surface area contributed by atoms with Gasteiger partial charge in [-0.1, -0.05) is 82.9 Å². The number of rotatable bonds is 8. The number of aromatic nitrogens is 1. The van der Waals surface area contributed by atoms with E-state index in [-0.39, 0.29) is 21.0 Å². The van der Waals surface area contributed by atoms with Gasteiger partial charge in [0.2, 0.25) is 5.91 Å². The number of thioether (sulfide) groups is 1. The molecule has 4 aromatic rings. The first-order chi connectivity index (χ1) is 18.1. The lowest BCUT2D eigenvalue weighted by molar-refractivity contribution is -0.115. The Bertz CT molecular complexity index is 1540. The van der Waals surface area contributed by atoms with Gasteiger partial charge in [-0.3, -0.25) is 9.59 Å². The average molecular weight is 629 g/mol. The Kier molecular flexibility index (Phi) is 9.07. The summed E-state index contributed by atoms with van der Waals surface area (Å²) in [5.74, 6) is -2.53.